The topological polar surface area (TPSA) is 60.0 Å². The lowest BCUT2D eigenvalue weighted by molar-refractivity contribution is -0.129. The fourth-order valence-electron chi connectivity index (χ4n) is 4.07. The molecule has 1 aromatic rings. The van der Waals surface area contributed by atoms with Crippen LogP contribution in [0.2, 0.25) is 0 Å². The van der Waals surface area contributed by atoms with Gasteiger partial charge in [0.05, 0.1) is 6.54 Å². The first kappa shape index (κ1) is 23.9. The molecule has 2 N–H and O–H groups in total. The molecule has 0 aliphatic carbocycles. The van der Waals surface area contributed by atoms with E-state index in [1.807, 2.05) is 11.8 Å². The predicted molar refractivity (Wildman–Crippen MR) is 130 cm³/mol. The van der Waals surface area contributed by atoms with Gasteiger partial charge in [0, 0.05) is 51.2 Å². The van der Waals surface area contributed by atoms with Crippen molar-refractivity contribution in [1.82, 2.24) is 20.4 Å². The summed E-state index contributed by atoms with van der Waals surface area (Å²) in [5.74, 6) is 1.10. The Bertz CT molecular complexity index is 696. The van der Waals surface area contributed by atoms with Gasteiger partial charge in [0.2, 0.25) is 5.91 Å². The number of nitrogens with one attached hydrogen (secondary N) is 2. The van der Waals surface area contributed by atoms with Crippen LogP contribution in [0.3, 0.4) is 0 Å². The largest absolute Gasteiger partial charge is 0.357 e. The molecule has 2 heterocycles. The van der Waals surface area contributed by atoms with Crippen molar-refractivity contribution in [2.75, 3.05) is 32.7 Å². The van der Waals surface area contributed by atoms with Crippen LogP contribution in [0, 0.1) is 0 Å². The minimum absolute atomic E-state index is 0. The quantitative estimate of drug-likeness (QED) is 0.349. The minimum atomic E-state index is 0. The van der Waals surface area contributed by atoms with Crippen LogP contribution in [0.5, 0.6) is 0 Å². The Morgan fingerprint density at radius 3 is 2.72 bits per heavy atom. The van der Waals surface area contributed by atoms with Gasteiger partial charge in [-0.2, -0.15) is 0 Å². The third-order valence-corrected chi connectivity index (χ3v) is 5.83. The lowest BCUT2D eigenvalue weighted by Gasteiger charge is -2.33. The molecule has 1 aromatic carbocycles. The summed E-state index contributed by atoms with van der Waals surface area (Å²) in [5.41, 5.74) is 2.93. The van der Waals surface area contributed by atoms with Gasteiger partial charge in [-0.1, -0.05) is 31.2 Å². The van der Waals surface area contributed by atoms with Crippen LogP contribution >= 0.6 is 24.0 Å². The van der Waals surface area contributed by atoms with Gasteiger partial charge in [0.1, 0.15) is 0 Å². The van der Waals surface area contributed by atoms with Gasteiger partial charge in [-0.05, 0) is 37.8 Å². The van der Waals surface area contributed by atoms with Crippen molar-refractivity contribution in [2.24, 2.45) is 4.99 Å². The van der Waals surface area contributed by atoms with E-state index in [0.29, 0.717) is 12.5 Å². The number of rotatable bonds is 6. The number of carbonyl (C=O) groups excluding carboxylic acids is 1. The molecule has 1 amide bonds. The molecule has 0 radical (unpaired) electrons. The van der Waals surface area contributed by atoms with E-state index in [1.165, 1.54) is 11.1 Å². The van der Waals surface area contributed by atoms with Crippen molar-refractivity contribution >= 4 is 35.8 Å². The monoisotopic (exact) mass is 513 g/mol. The maximum absolute atomic E-state index is 11.9. The molecule has 0 aromatic heterocycles. The molecule has 1 fully saturated rings. The number of hydrogen-bond donors (Lipinski definition) is 2. The Morgan fingerprint density at radius 2 is 2.00 bits per heavy atom. The van der Waals surface area contributed by atoms with Crippen molar-refractivity contribution in [3.63, 3.8) is 0 Å². The molecule has 2 aliphatic heterocycles. The second-order valence-corrected chi connectivity index (χ2v) is 7.88. The van der Waals surface area contributed by atoms with Crippen molar-refractivity contribution in [3.8, 4) is 0 Å². The smallest absolute Gasteiger partial charge is 0.222 e. The molecular weight excluding hydrogens is 477 g/mol. The van der Waals surface area contributed by atoms with E-state index in [0.717, 1.165) is 58.1 Å². The Labute approximate surface area is 192 Å². The van der Waals surface area contributed by atoms with Crippen LogP contribution in [0.4, 0.5) is 0 Å². The standard InChI is InChI=1S/C22H35N5O.HI/c1-4-21(28)27-13-11-20(16-27)25-22(23-5-2)24-14-17(3)26-12-10-18-8-6-7-9-19(18)15-26;/h6-9,17,20H,4-5,10-16H2,1-3H3,(H2,23,24,25);1H. The van der Waals surface area contributed by atoms with Crippen molar-refractivity contribution in [2.45, 2.75) is 58.7 Å². The SMILES string of the molecule is CCNC(=NCC(C)N1CCc2ccccc2C1)NC1CCN(C(=O)CC)C1.I. The highest BCUT2D eigenvalue weighted by Crippen LogP contribution is 2.20. The van der Waals surface area contributed by atoms with Gasteiger partial charge in [0.25, 0.3) is 0 Å². The van der Waals surface area contributed by atoms with Gasteiger partial charge in [-0.3, -0.25) is 14.7 Å². The van der Waals surface area contributed by atoms with E-state index in [2.05, 4.69) is 53.6 Å². The maximum Gasteiger partial charge on any atom is 0.222 e. The summed E-state index contributed by atoms with van der Waals surface area (Å²) in [5, 5.41) is 6.88. The van der Waals surface area contributed by atoms with E-state index in [1.54, 1.807) is 0 Å². The number of hydrogen-bond acceptors (Lipinski definition) is 3. The zero-order chi connectivity index (χ0) is 19.9. The van der Waals surface area contributed by atoms with Gasteiger partial charge in [-0.25, -0.2) is 0 Å². The number of carbonyl (C=O) groups is 1. The summed E-state index contributed by atoms with van der Waals surface area (Å²) in [6.45, 7) is 11.6. The van der Waals surface area contributed by atoms with Crippen molar-refractivity contribution in [1.29, 1.82) is 0 Å². The Balaban J connectivity index is 0.00000300. The lowest BCUT2D eigenvalue weighted by atomic mass is 9.99. The number of benzene rings is 1. The summed E-state index contributed by atoms with van der Waals surface area (Å²) in [6.07, 6.45) is 2.68. The molecule has 2 atom stereocenters. The second kappa shape index (κ2) is 11.7. The van der Waals surface area contributed by atoms with Crippen molar-refractivity contribution in [3.05, 3.63) is 35.4 Å². The minimum Gasteiger partial charge on any atom is -0.357 e. The van der Waals surface area contributed by atoms with Crippen LogP contribution in [-0.2, 0) is 17.8 Å². The number of nitrogens with zero attached hydrogens (tertiary/aromatic N) is 3. The fourth-order valence-corrected chi connectivity index (χ4v) is 4.07. The molecule has 2 unspecified atom stereocenters. The number of aliphatic imine (C=N–C) groups is 1. The van der Waals surface area contributed by atoms with Gasteiger partial charge in [-0.15, -0.1) is 24.0 Å². The van der Waals surface area contributed by atoms with Crippen LogP contribution in [0.1, 0.15) is 44.7 Å². The first-order valence-electron chi connectivity index (χ1n) is 10.7. The summed E-state index contributed by atoms with van der Waals surface area (Å²) < 4.78 is 0. The van der Waals surface area contributed by atoms with Gasteiger partial charge < -0.3 is 15.5 Å². The number of amides is 1. The van der Waals surface area contributed by atoms with Crippen molar-refractivity contribution < 1.29 is 4.79 Å². The molecule has 29 heavy (non-hydrogen) atoms. The first-order valence-corrected chi connectivity index (χ1v) is 10.7. The van der Waals surface area contributed by atoms with Crippen LogP contribution in [0.25, 0.3) is 0 Å². The van der Waals surface area contributed by atoms with E-state index in [9.17, 15) is 4.79 Å². The summed E-state index contributed by atoms with van der Waals surface area (Å²) >= 11 is 0. The average Bonchev–Trinajstić information content (AvgIpc) is 3.19. The van der Waals surface area contributed by atoms with E-state index < -0.39 is 0 Å². The highest BCUT2D eigenvalue weighted by atomic mass is 127. The number of guanidine groups is 1. The number of fused-ring (bicyclic) bond motifs is 1. The fraction of sp³-hybridized carbons (Fsp3) is 0.636. The molecule has 0 saturated carbocycles. The maximum atomic E-state index is 11.9. The van der Waals surface area contributed by atoms with Gasteiger partial charge in [0.15, 0.2) is 5.96 Å². The highest BCUT2D eigenvalue weighted by molar-refractivity contribution is 14.0. The zero-order valence-corrected chi connectivity index (χ0v) is 20.3. The highest BCUT2D eigenvalue weighted by Gasteiger charge is 2.26. The van der Waals surface area contributed by atoms with Gasteiger partial charge >= 0.3 is 0 Å². The molecule has 6 nitrogen and oxygen atoms in total. The molecule has 0 spiro atoms. The molecule has 1 saturated heterocycles. The summed E-state index contributed by atoms with van der Waals surface area (Å²) in [6, 6.07) is 9.43. The summed E-state index contributed by atoms with van der Waals surface area (Å²) in [4.78, 5) is 21.2. The normalized spacial score (nSPS) is 20.6. The van der Waals surface area contributed by atoms with Crippen LogP contribution < -0.4 is 10.6 Å². The lowest BCUT2D eigenvalue weighted by Crippen LogP contribution is -2.46. The Morgan fingerprint density at radius 1 is 1.24 bits per heavy atom. The molecule has 0 bridgehead atoms. The van der Waals surface area contributed by atoms with Crippen LogP contribution in [-0.4, -0.2) is 66.5 Å². The molecule has 162 valence electrons. The second-order valence-electron chi connectivity index (χ2n) is 7.88. The van der Waals surface area contributed by atoms with Crippen LogP contribution in [0.15, 0.2) is 29.3 Å². The first-order chi connectivity index (χ1) is 13.6. The third-order valence-electron chi connectivity index (χ3n) is 5.83. The van der Waals surface area contributed by atoms with E-state index >= 15 is 0 Å². The summed E-state index contributed by atoms with van der Waals surface area (Å²) in [7, 11) is 0. The van der Waals surface area contributed by atoms with E-state index in [-0.39, 0.29) is 35.9 Å². The third kappa shape index (κ3) is 6.57. The molecule has 7 heteroatoms. The average molecular weight is 513 g/mol. The number of halogens is 1. The molecular formula is C22H36IN5O. The van der Waals surface area contributed by atoms with E-state index in [4.69, 9.17) is 4.99 Å². The molecule has 3 rings (SSSR count). The molecule has 2 aliphatic rings. The number of likely N-dealkylation sites (tertiary alicyclic amines) is 1. The Hall–Kier alpha value is -1.35. The predicted octanol–water partition coefficient (Wildman–Crippen LogP) is 2.62. The Kier molecular flexibility index (Phi) is 9.68. The zero-order valence-electron chi connectivity index (χ0n) is 18.0.